The molecule has 103 heavy (non-hydrogen) atoms. The fraction of sp³-hybridized carbons (Fsp3) is 0.816. The highest BCUT2D eigenvalue weighted by molar-refractivity contribution is 5.96. The van der Waals surface area contributed by atoms with Gasteiger partial charge in [-0.15, -0.1) is 0 Å². The molecule has 2 saturated heterocycles. The summed E-state index contributed by atoms with van der Waals surface area (Å²) in [5.74, 6) is -10.8. The van der Waals surface area contributed by atoms with Crippen molar-refractivity contribution in [2.45, 2.75) is 308 Å². The highest BCUT2D eigenvalue weighted by atomic mass is 16.8. The van der Waals surface area contributed by atoms with Crippen LogP contribution in [0.15, 0.2) is 11.6 Å². The van der Waals surface area contributed by atoms with Crippen molar-refractivity contribution >= 4 is 71.3 Å². The Morgan fingerprint density at radius 1 is 0.495 bits per heavy atom. The Labute approximate surface area is 606 Å². The van der Waals surface area contributed by atoms with Crippen molar-refractivity contribution in [1.29, 1.82) is 0 Å². The van der Waals surface area contributed by atoms with Crippen molar-refractivity contribution in [2.24, 2.45) is 68.0 Å². The lowest BCUT2D eigenvalue weighted by atomic mass is 9.33. The van der Waals surface area contributed by atoms with Crippen molar-refractivity contribution in [2.75, 3.05) is 19.8 Å². The van der Waals surface area contributed by atoms with E-state index in [0.717, 1.165) is 59.5 Å². The predicted molar refractivity (Wildman–Crippen MR) is 368 cm³/mol. The molecule has 27 nitrogen and oxygen atoms in total. The molecule has 5 aliphatic carbocycles. The number of allylic oxidation sites excluding steroid dienone is 2. The third-order valence-electron chi connectivity index (χ3n) is 23.4. The summed E-state index contributed by atoms with van der Waals surface area (Å²) < 4.78 is 73.0. The van der Waals surface area contributed by atoms with Crippen molar-refractivity contribution < 1.29 is 114 Å². The molecule has 4 saturated carbocycles. The summed E-state index contributed by atoms with van der Waals surface area (Å²) in [5, 5.41) is 8.43. The van der Waals surface area contributed by atoms with Gasteiger partial charge in [-0.3, -0.25) is 43.2 Å². The molecule has 22 unspecified atom stereocenters. The van der Waals surface area contributed by atoms with E-state index in [1.165, 1.54) is 0 Å². The van der Waals surface area contributed by atoms with Crippen LogP contribution in [-0.2, 0) is 114 Å². The maximum Gasteiger partial charge on any atom is 0.328 e. The largest absolute Gasteiger partial charge is 0.464 e. The number of ether oxygens (including phenoxy) is 12. The average molecular weight is 1460 g/mol. The average Bonchev–Trinajstić information content (AvgIpc) is 0.674. The Balaban J connectivity index is 1.34. The Morgan fingerprint density at radius 2 is 0.903 bits per heavy atom. The number of ketones is 1. The summed E-state index contributed by atoms with van der Waals surface area (Å²) in [7, 11) is 0. The quantitative estimate of drug-likeness (QED) is 0.0397. The van der Waals surface area contributed by atoms with E-state index in [1.54, 1.807) is 34.6 Å². The van der Waals surface area contributed by atoms with Crippen molar-refractivity contribution in [1.82, 2.24) is 16.0 Å². The topological polar surface area (TPSA) is 352 Å². The molecule has 7 aliphatic rings. The molecule has 0 aromatic rings. The summed E-state index contributed by atoms with van der Waals surface area (Å²) >= 11 is 0. The van der Waals surface area contributed by atoms with Gasteiger partial charge in [0.2, 0.25) is 5.91 Å². The van der Waals surface area contributed by atoms with Crippen LogP contribution in [0.4, 0.5) is 0 Å². The van der Waals surface area contributed by atoms with Crippen LogP contribution in [0, 0.1) is 68.0 Å². The molecule has 0 spiro atoms. The van der Waals surface area contributed by atoms with Gasteiger partial charge in [-0.2, -0.15) is 0 Å². The van der Waals surface area contributed by atoms with Gasteiger partial charge in [-0.25, -0.2) is 14.4 Å². The number of rotatable bonds is 27. The summed E-state index contributed by atoms with van der Waals surface area (Å²) in [5.41, 5.74) is -2.70. The van der Waals surface area contributed by atoms with Gasteiger partial charge in [0.15, 0.2) is 67.2 Å². The van der Waals surface area contributed by atoms with Crippen LogP contribution in [0.1, 0.15) is 222 Å². The Bertz CT molecular complexity index is 3200. The van der Waals surface area contributed by atoms with Crippen LogP contribution in [-0.4, -0.2) is 177 Å². The number of amides is 3. The van der Waals surface area contributed by atoms with Gasteiger partial charge in [0.25, 0.3) is 11.8 Å². The standard InChI is InChI=1S/C76H117N3O24/c1-22-92-65(88)48(33-38(4)5)77-63(86)58-55(96-42(11)81)57(98-44(13)83)61(103-69-60(99-45(14)84)56(97-43(12)82)54(95-41(10)80)59(102-69)64(87)78-49(34-39(6)7)66(89)93-23-2)68(101-58)100-53-26-27-74(19)52(71(53,15)16)25-28-76(21)62(74)51(85)36-46-47-37-73(18,30-29-72(47,17)31-32-75(46,76)20)70(91)79-50(35-40(8)9)67(90)94-24-3/h36,38-40,47-50,52-62,68-69H,22-35,37H2,1-21H3,(H,77,86)(H,78,87)(H,79,91). The molecular weight excluding hydrogens is 1340 g/mol. The molecule has 27 heteroatoms. The second-order valence-corrected chi connectivity index (χ2v) is 32.9. The molecule has 2 heterocycles. The van der Waals surface area contributed by atoms with E-state index >= 15 is 9.59 Å². The molecule has 7 rings (SSSR count). The molecule has 0 radical (unpaired) electrons. The minimum Gasteiger partial charge on any atom is -0.464 e. The first-order valence-electron chi connectivity index (χ1n) is 37.1. The van der Waals surface area contributed by atoms with E-state index in [2.05, 4.69) is 43.6 Å². The summed E-state index contributed by atoms with van der Waals surface area (Å²) in [6.45, 7) is 36.2. The Hall–Kier alpha value is -6.58. The van der Waals surface area contributed by atoms with Crippen LogP contribution in [0.5, 0.6) is 0 Å². The Kier molecular flexibility index (Phi) is 27.2. The fourth-order valence-electron chi connectivity index (χ4n) is 18.6. The molecule has 0 bridgehead atoms. The molecule has 0 aromatic carbocycles. The zero-order valence-corrected chi connectivity index (χ0v) is 64.5. The van der Waals surface area contributed by atoms with Crippen molar-refractivity contribution in [3.05, 3.63) is 11.6 Å². The second-order valence-electron chi connectivity index (χ2n) is 32.9. The number of nitrogens with one attached hydrogen (secondary N) is 3. The number of hydrogen-bond donors (Lipinski definition) is 3. The lowest BCUT2D eigenvalue weighted by Crippen LogP contribution is -2.70. The summed E-state index contributed by atoms with van der Waals surface area (Å²) in [6, 6.07) is -3.41. The van der Waals surface area contributed by atoms with E-state index in [-0.39, 0.29) is 85.8 Å². The molecule has 580 valence electrons. The van der Waals surface area contributed by atoms with Crippen LogP contribution < -0.4 is 16.0 Å². The number of carbonyl (C=O) groups is 12. The minimum absolute atomic E-state index is 0.00368. The SMILES string of the molecule is CCOC(=O)C(CC(C)C)NC(=O)C1OC(OC2C(OC3CCC4(C)C(CCC5(C)C4C(=O)C=C4C6CC(C)(C(=O)NC(CC(C)C)C(=O)OCC)CCC6(C)CCC45C)C3(C)C)OC(C(=O)NC(CC(C)C)C(=O)OCC)C(OC(C)=O)C2OC(C)=O)C(OC(C)=O)C(OC(C)=O)C1OC(C)=O. The van der Waals surface area contributed by atoms with Crippen molar-refractivity contribution in [3.63, 3.8) is 0 Å². The lowest BCUT2D eigenvalue weighted by molar-refractivity contribution is -0.370. The smallest absolute Gasteiger partial charge is 0.328 e. The first kappa shape index (κ1) is 83.7. The normalized spacial score (nSPS) is 35.3. The van der Waals surface area contributed by atoms with Crippen LogP contribution in [0.3, 0.4) is 0 Å². The Morgan fingerprint density at radius 3 is 1.34 bits per heavy atom. The second kappa shape index (κ2) is 33.5. The van der Waals surface area contributed by atoms with E-state index in [1.807, 2.05) is 54.5 Å². The first-order valence-corrected chi connectivity index (χ1v) is 37.1. The van der Waals surface area contributed by atoms with Gasteiger partial charge in [-0.1, -0.05) is 95.6 Å². The summed E-state index contributed by atoms with van der Waals surface area (Å²) in [6.07, 6.45) is -13.1. The van der Waals surface area contributed by atoms with Crippen LogP contribution in [0.2, 0.25) is 0 Å². The van der Waals surface area contributed by atoms with Crippen molar-refractivity contribution in [3.8, 4) is 0 Å². The van der Waals surface area contributed by atoms with Gasteiger partial charge in [-0.05, 0) is 161 Å². The van der Waals surface area contributed by atoms with E-state index < -0.39 is 178 Å². The zero-order chi connectivity index (χ0) is 77.0. The van der Waals surface area contributed by atoms with E-state index in [9.17, 15) is 47.9 Å². The lowest BCUT2D eigenvalue weighted by Gasteiger charge is -2.70. The molecule has 3 amide bonds. The van der Waals surface area contributed by atoms with E-state index in [4.69, 9.17) is 56.8 Å². The maximum absolute atomic E-state index is 15.8. The third-order valence-corrected chi connectivity index (χ3v) is 23.4. The number of esters is 8. The number of fused-ring (bicyclic) bond motifs is 7. The monoisotopic (exact) mass is 1460 g/mol. The molecular formula is C76H117N3O24. The van der Waals surface area contributed by atoms with Gasteiger partial charge in [0, 0.05) is 46.0 Å². The molecule has 2 aliphatic heterocycles. The molecule has 22 atom stereocenters. The van der Waals surface area contributed by atoms with Gasteiger partial charge in [0.05, 0.1) is 25.9 Å². The third kappa shape index (κ3) is 18.1. The summed E-state index contributed by atoms with van der Waals surface area (Å²) in [4.78, 5) is 168. The van der Waals surface area contributed by atoms with Gasteiger partial charge in [0.1, 0.15) is 18.1 Å². The predicted octanol–water partition coefficient (Wildman–Crippen LogP) is 8.13. The number of carbonyl (C=O) groups excluding carboxylic acids is 12. The van der Waals surface area contributed by atoms with Crippen LogP contribution in [0.25, 0.3) is 0 Å². The highest BCUT2D eigenvalue weighted by Gasteiger charge is 2.71. The molecule has 3 N–H and O–H groups in total. The van der Waals surface area contributed by atoms with Gasteiger partial charge >= 0.3 is 47.8 Å². The van der Waals surface area contributed by atoms with E-state index in [0.29, 0.717) is 38.5 Å². The fourth-order valence-corrected chi connectivity index (χ4v) is 18.6. The zero-order valence-electron chi connectivity index (χ0n) is 64.5. The van der Waals surface area contributed by atoms with Gasteiger partial charge < -0.3 is 72.8 Å². The molecule has 0 aromatic heterocycles. The highest BCUT2D eigenvalue weighted by Crippen LogP contribution is 2.75. The number of hydrogen-bond acceptors (Lipinski definition) is 24. The van der Waals surface area contributed by atoms with Crippen LogP contribution >= 0.6 is 0 Å². The molecule has 6 fully saturated rings. The first-order chi connectivity index (χ1) is 47.9. The maximum atomic E-state index is 15.8. The minimum atomic E-state index is -2.17.